The fraction of sp³-hybridized carbons (Fsp3) is 0.286. The van der Waals surface area contributed by atoms with E-state index < -0.39 is 5.54 Å². The highest BCUT2D eigenvalue weighted by molar-refractivity contribution is 7.99. The van der Waals surface area contributed by atoms with Crippen LogP contribution < -0.4 is 10.2 Å². The first kappa shape index (κ1) is 19.6. The lowest BCUT2D eigenvalue weighted by atomic mass is 9.90. The predicted octanol–water partition coefficient (Wildman–Crippen LogP) is 2.76. The molecular weight excluding hydrogens is 416 g/mol. The molecule has 1 aromatic heterocycles. The molecular formula is C21H20N6O3S. The van der Waals surface area contributed by atoms with Crippen molar-refractivity contribution in [2.24, 2.45) is 0 Å². The smallest absolute Gasteiger partial charge is 0.250 e. The normalized spacial score (nSPS) is 16.9. The molecule has 158 valence electrons. The summed E-state index contributed by atoms with van der Waals surface area (Å²) in [5.74, 6) is -0.0440. The summed E-state index contributed by atoms with van der Waals surface area (Å²) in [5.41, 5.74) is 1.22. The van der Waals surface area contributed by atoms with Crippen LogP contribution in [0.4, 0.5) is 11.4 Å². The SMILES string of the molecule is O=C(CSc1nnnn1-c1ccc(O)cc1)N1c2ccccc2NC(=O)C12CCCC2. The molecule has 31 heavy (non-hydrogen) atoms. The first-order chi connectivity index (χ1) is 15.1. The molecule has 1 aliphatic carbocycles. The minimum Gasteiger partial charge on any atom is -0.508 e. The quantitative estimate of drug-likeness (QED) is 0.605. The molecule has 1 saturated carbocycles. The van der Waals surface area contributed by atoms with Gasteiger partial charge in [-0.05, 0) is 59.7 Å². The number of amides is 2. The van der Waals surface area contributed by atoms with Gasteiger partial charge in [0, 0.05) is 0 Å². The maximum Gasteiger partial charge on any atom is 0.250 e. The maximum atomic E-state index is 13.5. The lowest BCUT2D eigenvalue weighted by molar-refractivity contribution is -0.126. The van der Waals surface area contributed by atoms with Gasteiger partial charge in [-0.15, -0.1) is 5.10 Å². The van der Waals surface area contributed by atoms with E-state index in [1.807, 2.05) is 24.3 Å². The molecule has 2 heterocycles. The molecule has 1 fully saturated rings. The number of rotatable bonds is 4. The van der Waals surface area contributed by atoms with Crippen LogP contribution in [0.25, 0.3) is 5.69 Å². The van der Waals surface area contributed by atoms with E-state index in [9.17, 15) is 14.7 Å². The van der Waals surface area contributed by atoms with E-state index in [1.54, 1.807) is 29.2 Å². The molecule has 2 N–H and O–H groups in total. The van der Waals surface area contributed by atoms with Gasteiger partial charge in [-0.3, -0.25) is 14.5 Å². The molecule has 1 spiro atoms. The Labute approximate surface area is 182 Å². The van der Waals surface area contributed by atoms with Crippen LogP contribution >= 0.6 is 11.8 Å². The van der Waals surface area contributed by atoms with Crippen molar-refractivity contribution in [3.05, 3.63) is 48.5 Å². The lowest BCUT2D eigenvalue weighted by Gasteiger charge is -2.44. The summed E-state index contributed by atoms with van der Waals surface area (Å²) in [5, 5.41) is 24.7. The van der Waals surface area contributed by atoms with Crippen molar-refractivity contribution in [2.75, 3.05) is 16.0 Å². The molecule has 0 bridgehead atoms. The van der Waals surface area contributed by atoms with Gasteiger partial charge in [0.05, 0.1) is 22.8 Å². The molecule has 3 aromatic rings. The number of carbonyl (C=O) groups is 2. The van der Waals surface area contributed by atoms with E-state index in [4.69, 9.17) is 0 Å². The molecule has 0 radical (unpaired) electrons. The van der Waals surface area contributed by atoms with Gasteiger partial charge in [-0.1, -0.05) is 36.7 Å². The first-order valence-corrected chi connectivity index (χ1v) is 11.0. The van der Waals surface area contributed by atoms with Crippen molar-refractivity contribution < 1.29 is 14.7 Å². The van der Waals surface area contributed by atoms with Crippen LogP contribution in [0.3, 0.4) is 0 Å². The number of benzene rings is 2. The number of phenolic OH excluding ortho intramolecular Hbond substituents is 1. The molecule has 9 nitrogen and oxygen atoms in total. The van der Waals surface area contributed by atoms with Crippen LogP contribution in [0.2, 0.25) is 0 Å². The predicted molar refractivity (Wildman–Crippen MR) is 115 cm³/mol. The fourth-order valence-electron chi connectivity index (χ4n) is 4.34. The molecule has 2 amide bonds. The van der Waals surface area contributed by atoms with Gasteiger partial charge in [-0.2, -0.15) is 4.68 Å². The van der Waals surface area contributed by atoms with Gasteiger partial charge < -0.3 is 10.4 Å². The van der Waals surface area contributed by atoms with Gasteiger partial charge in [0.25, 0.3) is 5.91 Å². The van der Waals surface area contributed by atoms with Gasteiger partial charge in [0.15, 0.2) is 0 Å². The van der Waals surface area contributed by atoms with Crippen molar-refractivity contribution in [3.8, 4) is 11.4 Å². The third-order valence-electron chi connectivity index (χ3n) is 5.78. The monoisotopic (exact) mass is 436 g/mol. The largest absolute Gasteiger partial charge is 0.508 e. The zero-order valence-electron chi connectivity index (χ0n) is 16.6. The summed E-state index contributed by atoms with van der Waals surface area (Å²) < 4.78 is 1.51. The molecule has 0 atom stereocenters. The topological polar surface area (TPSA) is 113 Å². The number of nitrogens with one attached hydrogen (secondary N) is 1. The Morgan fingerprint density at radius 3 is 2.65 bits per heavy atom. The highest BCUT2D eigenvalue weighted by atomic mass is 32.2. The lowest BCUT2D eigenvalue weighted by Crippen LogP contribution is -2.61. The second kappa shape index (κ2) is 7.69. The Morgan fingerprint density at radius 1 is 1.13 bits per heavy atom. The van der Waals surface area contributed by atoms with E-state index in [0.29, 0.717) is 29.4 Å². The number of nitrogens with zero attached hydrogens (tertiary/aromatic N) is 5. The van der Waals surface area contributed by atoms with Crippen LogP contribution in [-0.4, -0.2) is 48.4 Å². The minimum absolute atomic E-state index is 0.0851. The fourth-order valence-corrected chi connectivity index (χ4v) is 5.08. The van der Waals surface area contributed by atoms with Gasteiger partial charge in [0.1, 0.15) is 11.3 Å². The number of aromatic hydroxyl groups is 1. The van der Waals surface area contributed by atoms with Crippen molar-refractivity contribution in [1.29, 1.82) is 0 Å². The Bertz CT molecular complexity index is 1140. The summed E-state index contributed by atoms with van der Waals surface area (Å²) in [4.78, 5) is 28.2. The molecule has 5 rings (SSSR count). The number of fused-ring (bicyclic) bond motifs is 1. The number of tetrazole rings is 1. The molecule has 10 heteroatoms. The average molecular weight is 436 g/mol. The minimum atomic E-state index is -0.838. The third-order valence-corrected chi connectivity index (χ3v) is 6.69. The van der Waals surface area contributed by atoms with Crippen LogP contribution in [0.5, 0.6) is 5.75 Å². The van der Waals surface area contributed by atoms with E-state index in [0.717, 1.165) is 18.5 Å². The highest BCUT2D eigenvalue weighted by Gasteiger charge is 2.52. The van der Waals surface area contributed by atoms with E-state index >= 15 is 0 Å². The van der Waals surface area contributed by atoms with E-state index in [2.05, 4.69) is 20.8 Å². The average Bonchev–Trinajstić information content (AvgIpc) is 3.44. The van der Waals surface area contributed by atoms with Crippen LogP contribution in [0, 0.1) is 0 Å². The molecule has 0 unspecified atom stereocenters. The van der Waals surface area contributed by atoms with Crippen LogP contribution in [0.1, 0.15) is 25.7 Å². The van der Waals surface area contributed by atoms with E-state index in [-0.39, 0.29) is 23.3 Å². The molecule has 0 saturated heterocycles. The summed E-state index contributed by atoms with van der Waals surface area (Å²) in [6.45, 7) is 0. The summed E-state index contributed by atoms with van der Waals surface area (Å²) in [7, 11) is 0. The number of hydrogen-bond acceptors (Lipinski definition) is 7. The van der Waals surface area contributed by atoms with Gasteiger partial charge in [-0.25, -0.2) is 0 Å². The van der Waals surface area contributed by atoms with Crippen molar-refractivity contribution in [3.63, 3.8) is 0 Å². The summed E-state index contributed by atoms with van der Waals surface area (Å²) >= 11 is 1.21. The maximum absolute atomic E-state index is 13.5. The van der Waals surface area contributed by atoms with Crippen molar-refractivity contribution in [2.45, 2.75) is 36.4 Å². The number of aromatic nitrogens is 4. The van der Waals surface area contributed by atoms with Gasteiger partial charge in [0.2, 0.25) is 11.1 Å². The second-order valence-electron chi connectivity index (χ2n) is 7.62. The van der Waals surface area contributed by atoms with Crippen molar-refractivity contribution >= 4 is 35.0 Å². The first-order valence-electron chi connectivity index (χ1n) is 10.0. The Morgan fingerprint density at radius 2 is 1.87 bits per heavy atom. The molecule has 2 aliphatic rings. The zero-order valence-corrected chi connectivity index (χ0v) is 17.4. The van der Waals surface area contributed by atoms with E-state index in [1.165, 1.54) is 16.4 Å². The number of anilines is 2. The third kappa shape index (κ3) is 3.32. The van der Waals surface area contributed by atoms with Crippen LogP contribution in [-0.2, 0) is 9.59 Å². The number of thioether (sulfide) groups is 1. The van der Waals surface area contributed by atoms with Gasteiger partial charge >= 0.3 is 0 Å². The summed E-state index contributed by atoms with van der Waals surface area (Å²) in [6.07, 6.45) is 3.11. The number of hydrogen-bond donors (Lipinski definition) is 2. The summed E-state index contributed by atoms with van der Waals surface area (Å²) in [6, 6.07) is 13.9. The second-order valence-corrected chi connectivity index (χ2v) is 8.56. The Hall–Kier alpha value is -3.40. The Kier molecular flexibility index (Phi) is 4.85. The standard InChI is InChI=1S/C21H20N6O3S/c28-15-9-7-14(8-10-15)27-20(23-24-25-27)31-13-18(29)26-17-6-2-1-5-16(17)22-19(30)21(26)11-3-4-12-21/h1-2,5-10,28H,3-4,11-13H2,(H,22,30). The van der Waals surface area contributed by atoms with Crippen molar-refractivity contribution in [1.82, 2.24) is 20.2 Å². The highest BCUT2D eigenvalue weighted by Crippen LogP contribution is 2.45. The van der Waals surface area contributed by atoms with Crippen LogP contribution in [0.15, 0.2) is 53.7 Å². The molecule has 2 aromatic carbocycles. The zero-order chi connectivity index (χ0) is 21.4. The number of para-hydroxylation sites is 2. The number of carbonyl (C=O) groups excluding carboxylic acids is 2. The Balaban J connectivity index is 1.42. The number of phenols is 1. The molecule has 1 aliphatic heterocycles.